The topological polar surface area (TPSA) is 19.9 Å². The molecule has 0 heterocycles. The average Bonchev–Trinajstić information content (AvgIpc) is 2.03. The quantitative estimate of drug-likeness (QED) is 0.650. The molecule has 0 spiro atoms. The van der Waals surface area contributed by atoms with E-state index in [1.54, 1.807) is 12.1 Å². The summed E-state index contributed by atoms with van der Waals surface area (Å²) in [5, 5.41) is 10.8. The molecule has 0 amide bonds. The standard InChI is InChI=1S/C11H15O/c1-9(2)3-4-10-5-7-11(12)8-6-10/h5-9H,3-4H2,1-2H3. The molecule has 1 aromatic rings. The Bertz CT molecular complexity index is 223. The van der Waals surface area contributed by atoms with E-state index in [2.05, 4.69) is 13.8 Å². The first-order chi connectivity index (χ1) is 5.68. The highest BCUT2D eigenvalue weighted by molar-refractivity contribution is 5.25. The van der Waals surface area contributed by atoms with Crippen molar-refractivity contribution < 1.29 is 5.11 Å². The van der Waals surface area contributed by atoms with Gasteiger partial charge < -0.3 is 0 Å². The molecule has 65 valence electrons. The number of benzene rings is 1. The Hall–Kier alpha value is -0.980. The van der Waals surface area contributed by atoms with Gasteiger partial charge in [0.05, 0.1) is 0 Å². The lowest BCUT2D eigenvalue weighted by Crippen LogP contribution is -1.91. The molecular formula is C11H15O. The van der Waals surface area contributed by atoms with Crippen LogP contribution in [0.25, 0.3) is 0 Å². The summed E-state index contributed by atoms with van der Waals surface area (Å²) in [6, 6.07) is 7.11. The fourth-order valence-corrected chi connectivity index (χ4v) is 1.11. The zero-order valence-corrected chi connectivity index (χ0v) is 7.71. The maximum atomic E-state index is 10.8. The zero-order valence-electron chi connectivity index (χ0n) is 7.71. The summed E-state index contributed by atoms with van der Waals surface area (Å²) in [7, 11) is 0. The van der Waals surface area contributed by atoms with Crippen LogP contribution in [-0.4, -0.2) is 0 Å². The highest BCUT2D eigenvalue weighted by atomic mass is 16.3. The molecule has 1 heteroatoms. The van der Waals surface area contributed by atoms with Crippen LogP contribution >= 0.6 is 0 Å². The maximum Gasteiger partial charge on any atom is 0.178 e. The second-order valence-corrected chi connectivity index (χ2v) is 3.58. The minimum absolute atomic E-state index is 0.100. The molecule has 1 rings (SSSR count). The molecule has 1 aromatic carbocycles. The van der Waals surface area contributed by atoms with E-state index in [1.807, 2.05) is 12.1 Å². The number of aryl methyl sites for hydroxylation is 1. The van der Waals surface area contributed by atoms with Crippen LogP contribution in [0.4, 0.5) is 0 Å². The molecule has 0 saturated carbocycles. The van der Waals surface area contributed by atoms with E-state index < -0.39 is 0 Å². The summed E-state index contributed by atoms with van der Waals surface area (Å²) in [6.07, 6.45) is 2.27. The summed E-state index contributed by atoms with van der Waals surface area (Å²) < 4.78 is 0. The fourth-order valence-electron chi connectivity index (χ4n) is 1.11. The van der Waals surface area contributed by atoms with Gasteiger partial charge in [0.1, 0.15) is 0 Å². The summed E-state index contributed by atoms with van der Waals surface area (Å²) in [5.74, 6) is 0.834. The zero-order chi connectivity index (χ0) is 8.97. The Kier molecular flexibility index (Phi) is 3.15. The molecule has 12 heavy (non-hydrogen) atoms. The number of hydrogen-bond donors (Lipinski definition) is 0. The van der Waals surface area contributed by atoms with Gasteiger partial charge in [-0.1, -0.05) is 26.0 Å². The van der Waals surface area contributed by atoms with Crippen molar-refractivity contribution in [2.24, 2.45) is 5.92 Å². The van der Waals surface area contributed by atoms with Crippen molar-refractivity contribution in [2.75, 3.05) is 0 Å². The van der Waals surface area contributed by atoms with Crippen molar-refractivity contribution >= 4 is 0 Å². The Labute approximate surface area is 74.1 Å². The van der Waals surface area contributed by atoms with Crippen LogP contribution in [0, 0.1) is 5.92 Å². The van der Waals surface area contributed by atoms with Crippen LogP contribution in [0.5, 0.6) is 5.75 Å². The van der Waals surface area contributed by atoms with Crippen molar-refractivity contribution in [1.82, 2.24) is 0 Å². The Morgan fingerprint density at radius 3 is 2.25 bits per heavy atom. The van der Waals surface area contributed by atoms with Crippen molar-refractivity contribution in [3.05, 3.63) is 29.8 Å². The monoisotopic (exact) mass is 163 g/mol. The summed E-state index contributed by atoms with van der Waals surface area (Å²) >= 11 is 0. The van der Waals surface area contributed by atoms with Gasteiger partial charge in [-0.05, 0) is 36.5 Å². The Balaban J connectivity index is 2.48. The third kappa shape index (κ3) is 2.95. The SMILES string of the molecule is CC(C)CCc1ccc([O])cc1. The fraction of sp³-hybridized carbons (Fsp3) is 0.455. The molecule has 1 radical (unpaired) electrons. The van der Waals surface area contributed by atoms with Gasteiger partial charge in [0.25, 0.3) is 0 Å². The second kappa shape index (κ2) is 4.15. The molecule has 0 fully saturated rings. The minimum Gasteiger partial charge on any atom is -0.290 e. The first-order valence-electron chi connectivity index (χ1n) is 4.44. The lowest BCUT2D eigenvalue weighted by molar-refractivity contribution is 0.354. The van der Waals surface area contributed by atoms with Gasteiger partial charge in [-0.3, -0.25) is 5.11 Å². The normalized spacial score (nSPS) is 10.6. The molecule has 0 N–H and O–H groups in total. The van der Waals surface area contributed by atoms with Gasteiger partial charge in [0.15, 0.2) is 5.75 Å². The van der Waals surface area contributed by atoms with Crippen molar-refractivity contribution in [2.45, 2.75) is 26.7 Å². The van der Waals surface area contributed by atoms with Gasteiger partial charge in [-0.15, -0.1) is 0 Å². The van der Waals surface area contributed by atoms with Crippen molar-refractivity contribution in [3.8, 4) is 5.75 Å². The lowest BCUT2D eigenvalue weighted by Gasteiger charge is -2.03. The highest BCUT2D eigenvalue weighted by Gasteiger charge is 1.96. The average molecular weight is 163 g/mol. The van der Waals surface area contributed by atoms with Gasteiger partial charge >= 0.3 is 0 Å². The van der Waals surface area contributed by atoms with E-state index in [0.29, 0.717) is 0 Å². The lowest BCUT2D eigenvalue weighted by atomic mass is 10.0. The van der Waals surface area contributed by atoms with Crippen LogP contribution in [0.2, 0.25) is 0 Å². The molecule has 0 atom stereocenters. The van der Waals surface area contributed by atoms with E-state index in [4.69, 9.17) is 0 Å². The second-order valence-electron chi connectivity index (χ2n) is 3.58. The van der Waals surface area contributed by atoms with E-state index in [0.717, 1.165) is 12.3 Å². The molecule has 0 aromatic heterocycles. The summed E-state index contributed by atoms with van der Waals surface area (Å²) in [4.78, 5) is 0. The van der Waals surface area contributed by atoms with Crippen molar-refractivity contribution in [3.63, 3.8) is 0 Å². The molecule has 0 aliphatic heterocycles. The van der Waals surface area contributed by atoms with E-state index in [1.165, 1.54) is 12.0 Å². The van der Waals surface area contributed by atoms with Gasteiger partial charge in [-0.25, -0.2) is 0 Å². The summed E-state index contributed by atoms with van der Waals surface area (Å²) in [6.45, 7) is 4.42. The Morgan fingerprint density at radius 2 is 1.75 bits per heavy atom. The third-order valence-electron chi connectivity index (χ3n) is 1.93. The van der Waals surface area contributed by atoms with Crippen LogP contribution < -0.4 is 0 Å². The van der Waals surface area contributed by atoms with Crippen LogP contribution in [-0.2, 0) is 11.5 Å². The first-order valence-corrected chi connectivity index (χ1v) is 4.44. The van der Waals surface area contributed by atoms with Crippen LogP contribution in [0.15, 0.2) is 24.3 Å². The molecule has 0 saturated heterocycles. The molecule has 0 unspecified atom stereocenters. The summed E-state index contributed by atoms with van der Waals surface area (Å²) in [5.41, 5.74) is 1.27. The van der Waals surface area contributed by atoms with Gasteiger partial charge in [0.2, 0.25) is 0 Å². The third-order valence-corrected chi connectivity index (χ3v) is 1.93. The molecule has 0 aliphatic rings. The maximum absolute atomic E-state index is 10.8. The first kappa shape index (κ1) is 9.11. The van der Waals surface area contributed by atoms with Crippen molar-refractivity contribution in [1.29, 1.82) is 0 Å². The molecule has 0 aliphatic carbocycles. The largest absolute Gasteiger partial charge is 0.290 e. The predicted molar refractivity (Wildman–Crippen MR) is 49.7 cm³/mol. The number of rotatable bonds is 3. The molecule has 0 bridgehead atoms. The van der Waals surface area contributed by atoms with Gasteiger partial charge in [0, 0.05) is 0 Å². The van der Waals surface area contributed by atoms with E-state index in [-0.39, 0.29) is 5.75 Å². The minimum atomic E-state index is 0.100. The van der Waals surface area contributed by atoms with Crippen LogP contribution in [0.1, 0.15) is 25.8 Å². The van der Waals surface area contributed by atoms with Gasteiger partial charge in [-0.2, -0.15) is 0 Å². The number of hydrogen-bond acceptors (Lipinski definition) is 0. The predicted octanol–water partition coefficient (Wildman–Crippen LogP) is 3.42. The Morgan fingerprint density at radius 1 is 1.17 bits per heavy atom. The van der Waals surface area contributed by atoms with Crippen LogP contribution in [0.3, 0.4) is 0 Å². The molecular weight excluding hydrogens is 148 g/mol. The van der Waals surface area contributed by atoms with E-state index in [9.17, 15) is 5.11 Å². The molecule has 1 nitrogen and oxygen atoms in total. The smallest absolute Gasteiger partial charge is 0.178 e. The highest BCUT2D eigenvalue weighted by Crippen LogP contribution is 2.13. The van der Waals surface area contributed by atoms with E-state index >= 15 is 0 Å².